The minimum absolute atomic E-state index is 0.175. The summed E-state index contributed by atoms with van der Waals surface area (Å²) in [5.41, 5.74) is 1.06. The van der Waals surface area contributed by atoms with E-state index >= 15 is 0 Å². The van der Waals surface area contributed by atoms with Crippen LogP contribution in [0.15, 0.2) is 24.3 Å². The molecule has 0 aliphatic carbocycles. The Morgan fingerprint density at radius 2 is 1.28 bits per heavy atom. The number of nitrogens with one attached hydrogen (secondary N) is 1. The van der Waals surface area contributed by atoms with E-state index in [9.17, 15) is 5.11 Å². The highest BCUT2D eigenvalue weighted by atomic mass is 28.4. The molecule has 0 heterocycles. The highest BCUT2D eigenvalue weighted by Gasteiger charge is 2.37. The Hall–Kier alpha value is -0.866. The summed E-state index contributed by atoms with van der Waals surface area (Å²) >= 11 is 0. The van der Waals surface area contributed by atoms with Gasteiger partial charge in [0.2, 0.25) is 0 Å². The van der Waals surface area contributed by atoms with Gasteiger partial charge in [0.15, 0.2) is 16.6 Å². The van der Waals surface area contributed by atoms with E-state index in [-0.39, 0.29) is 28.6 Å². The van der Waals surface area contributed by atoms with Crippen LogP contribution < -0.4 is 10.1 Å². The van der Waals surface area contributed by atoms with Crippen molar-refractivity contribution in [1.82, 2.24) is 0 Å². The zero-order chi connectivity index (χ0) is 27.6. The number of unbranched alkanes of at least 4 members (excludes halogenated alkanes) is 1. The number of hydrogen-bond donors (Lipinski definition) is 2. The van der Waals surface area contributed by atoms with E-state index < -0.39 is 16.6 Å². The lowest BCUT2D eigenvalue weighted by atomic mass is 9.91. The fourth-order valence-electron chi connectivity index (χ4n) is 3.65. The third kappa shape index (κ3) is 10.9. The molecule has 0 saturated heterocycles. The van der Waals surface area contributed by atoms with Gasteiger partial charge in [0, 0.05) is 37.5 Å². The summed E-state index contributed by atoms with van der Waals surface area (Å²) in [5, 5.41) is 14.5. The van der Waals surface area contributed by atoms with Gasteiger partial charge in [0.25, 0.3) is 0 Å². The first-order chi connectivity index (χ1) is 16.5. The molecule has 0 fully saturated rings. The van der Waals surface area contributed by atoms with Gasteiger partial charge < -0.3 is 24.0 Å². The topological polar surface area (TPSA) is 60.0 Å². The van der Waals surface area contributed by atoms with Crippen molar-refractivity contribution in [1.29, 1.82) is 0 Å². The second kappa shape index (κ2) is 14.3. The average Bonchev–Trinajstić information content (AvgIpc) is 2.77. The average molecular weight is 540 g/mol. The Labute approximate surface area is 225 Å². The highest BCUT2D eigenvalue weighted by Crippen LogP contribution is 2.37. The molecule has 36 heavy (non-hydrogen) atoms. The summed E-state index contributed by atoms with van der Waals surface area (Å²) in [7, 11) is -1.77. The van der Waals surface area contributed by atoms with E-state index in [4.69, 9.17) is 13.6 Å². The minimum atomic E-state index is -1.74. The number of rotatable bonds is 16. The van der Waals surface area contributed by atoms with Crippen LogP contribution in [0.2, 0.25) is 36.3 Å². The first-order valence-corrected chi connectivity index (χ1v) is 19.6. The second-order valence-electron chi connectivity index (χ2n) is 13.3. The smallest absolute Gasteiger partial charge is 0.191 e. The third-order valence-electron chi connectivity index (χ3n) is 8.41. The fourth-order valence-corrected chi connectivity index (χ4v) is 5.82. The van der Waals surface area contributed by atoms with Crippen LogP contribution in [0, 0.1) is 5.92 Å². The monoisotopic (exact) mass is 539 g/mol. The minimum Gasteiger partial charge on any atom is -0.497 e. The van der Waals surface area contributed by atoms with Gasteiger partial charge in [0.1, 0.15) is 5.75 Å². The normalized spacial score (nSPS) is 15.0. The molecular weight excluding hydrogens is 482 g/mol. The Morgan fingerprint density at radius 3 is 1.72 bits per heavy atom. The number of anilines is 1. The second-order valence-corrected chi connectivity index (χ2v) is 22.9. The Morgan fingerprint density at radius 1 is 0.778 bits per heavy atom. The predicted molar refractivity (Wildman–Crippen MR) is 160 cm³/mol. The van der Waals surface area contributed by atoms with Crippen molar-refractivity contribution in [2.24, 2.45) is 5.92 Å². The van der Waals surface area contributed by atoms with Gasteiger partial charge in [-0.3, -0.25) is 0 Å². The fraction of sp³-hybridized carbons (Fsp3) is 0.793. The molecule has 7 heteroatoms. The molecule has 1 aromatic carbocycles. The van der Waals surface area contributed by atoms with Crippen molar-refractivity contribution in [3.63, 3.8) is 0 Å². The van der Waals surface area contributed by atoms with Crippen LogP contribution in [-0.4, -0.2) is 54.7 Å². The number of ether oxygens (including phenoxy) is 1. The Kier molecular flexibility index (Phi) is 13.2. The maximum absolute atomic E-state index is 10.3. The molecule has 0 amide bonds. The zero-order valence-corrected chi connectivity index (χ0v) is 27.3. The summed E-state index contributed by atoms with van der Waals surface area (Å²) in [6.45, 7) is 24.7. The molecule has 2 N–H and O–H groups in total. The summed E-state index contributed by atoms with van der Waals surface area (Å²) in [5.74, 6) is 1.03. The summed E-state index contributed by atoms with van der Waals surface area (Å²) in [6, 6.07) is 8.27. The molecular formula is C29H57NO4Si2. The molecule has 0 radical (unpaired) electrons. The van der Waals surface area contributed by atoms with Gasteiger partial charge in [-0.15, -0.1) is 0 Å². The number of aliphatic hydroxyl groups is 1. The summed E-state index contributed by atoms with van der Waals surface area (Å²) < 4.78 is 18.1. The molecule has 0 unspecified atom stereocenters. The largest absolute Gasteiger partial charge is 0.497 e. The van der Waals surface area contributed by atoms with Crippen LogP contribution in [0.3, 0.4) is 0 Å². The van der Waals surface area contributed by atoms with Crippen LogP contribution in [-0.2, 0) is 8.85 Å². The number of hydrogen-bond acceptors (Lipinski definition) is 5. The summed E-state index contributed by atoms with van der Waals surface area (Å²) in [6.07, 6.45) is 5.02. The highest BCUT2D eigenvalue weighted by molar-refractivity contribution is 6.74. The number of benzene rings is 1. The van der Waals surface area contributed by atoms with E-state index in [0.29, 0.717) is 0 Å². The van der Waals surface area contributed by atoms with Crippen LogP contribution >= 0.6 is 0 Å². The van der Waals surface area contributed by atoms with Crippen molar-refractivity contribution < 1.29 is 18.7 Å². The molecule has 0 bridgehead atoms. The van der Waals surface area contributed by atoms with Gasteiger partial charge in [-0.25, -0.2) is 0 Å². The maximum atomic E-state index is 10.3. The van der Waals surface area contributed by atoms with Gasteiger partial charge in [-0.2, -0.15) is 0 Å². The van der Waals surface area contributed by atoms with Crippen molar-refractivity contribution in [3.05, 3.63) is 24.3 Å². The van der Waals surface area contributed by atoms with Crippen LogP contribution in [0.25, 0.3) is 0 Å². The van der Waals surface area contributed by atoms with Crippen LogP contribution in [0.1, 0.15) is 73.6 Å². The van der Waals surface area contributed by atoms with Crippen molar-refractivity contribution >= 4 is 22.3 Å². The molecule has 0 aromatic heterocycles. The Bertz CT molecular complexity index is 739. The van der Waals surface area contributed by atoms with Gasteiger partial charge in [-0.1, -0.05) is 41.5 Å². The molecule has 0 aliphatic heterocycles. The molecule has 5 nitrogen and oxygen atoms in total. The molecule has 0 saturated carbocycles. The van der Waals surface area contributed by atoms with Crippen molar-refractivity contribution in [3.8, 4) is 5.75 Å². The summed E-state index contributed by atoms with van der Waals surface area (Å²) in [4.78, 5) is 0. The lowest BCUT2D eigenvalue weighted by molar-refractivity contribution is 0.182. The van der Waals surface area contributed by atoms with E-state index in [1.54, 1.807) is 7.11 Å². The van der Waals surface area contributed by atoms with Crippen molar-refractivity contribution in [2.45, 2.75) is 116 Å². The lowest BCUT2D eigenvalue weighted by Crippen LogP contribution is -2.41. The van der Waals surface area contributed by atoms with Crippen LogP contribution in [0.4, 0.5) is 5.69 Å². The van der Waals surface area contributed by atoms with Gasteiger partial charge in [-0.05, 0) is 92.6 Å². The molecule has 2 atom stereocenters. The van der Waals surface area contributed by atoms with E-state index in [0.717, 1.165) is 56.8 Å². The molecule has 0 spiro atoms. The first kappa shape index (κ1) is 33.2. The van der Waals surface area contributed by atoms with E-state index in [2.05, 4.69) is 85.2 Å². The standard InChI is InChI=1S/C29H57NO4Si2/c1-28(2,3)35(8,9)33-21-13-12-16-27(30-25-17-19-26(32-7)20-18-25)24(23-31)15-14-22-34-36(10,11)29(4,5)6/h17-20,24,27,30-31H,12-16,21-23H2,1-11H3/t24-,27-/m1/s1. The lowest BCUT2D eigenvalue weighted by Gasteiger charge is -2.36. The molecule has 1 rings (SSSR count). The van der Waals surface area contributed by atoms with E-state index in [1.807, 2.05) is 12.1 Å². The third-order valence-corrected chi connectivity index (χ3v) is 17.5. The van der Waals surface area contributed by atoms with Crippen molar-refractivity contribution in [2.75, 3.05) is 32.2 Å². The van der Waals surface area contributed by atoms with Gasteiger partial charge >= 0.3 is 0 Å². The molecule has 1 aromatic rings. The van der Waals surface area contributed by atoms with E-state index in [1.165, 1.54) is 0 Å². The zero-order valence-electron chi connectivity index (χ0n) is 25.3. The number of methoxy groups -OCH3 is 1. The SMILES string of the molecule is COc1ccc(N[C@H](CCCCO[Si](C)(C)C(C)(C)C)[C@@H](CO)CCCO[Si](C)(C)C(C)(C)C)cc1. The molecule has 210 valence electrons. The maximum Gasteiger partial charge on any atom is 0.191 e. The number of aliphatic hydroxyl groups excluding tert-OH is 1. The Balaban J connectivity index is 2.74. The molecule has 0 aliphatic rings. The first-order valence-electron chi connectivity index (χ1n) is 13.8. The van der Waals surface area contributed by atoms with Gasteiger partial charge in [0.05, 0.1) is 7.11 Å². The quantitative estimate of drug-likeness (QED) is 0.164. The van der Waals surface area contributed by atoms with Crippen LogP contribution in [0.5, 0.6) is 5.75 Å². The predicted octanol–water partition coefficient (Wildman–Crippen LogP) is 8.08.